The van der Waals surface area contributed by atoms with Crippen LogP contribution in [0.5, 0.6) is 0 Å². The number of hydrogen-bond acceptors (Lipinski definition) is 7. The van der Waals surface area contributed by atoms with Crippen LogP contribution in [0.25, 0.3) is 10.2 Å². The summed E-state index contributed by atoms with van der Waals surface area (Å²) in [4.78, 5) is 35.0. The molecule has 3 heterocycles. The molecule has 7 nitrogen and oxygen atoms in total. The maximum absolute atomic E-state index is 13.3. The highest BCUT2D eigenvalue weighted by atomic mass is 32.2. The summed E-state index contributed by atoms with van der Waals surface area (Å²) in [6.45, 7) is 7.01. The molecular formula is C22H31N3O4S3. The summed E-state index contributed by atoms with van der Waals surface area (Å²) in [6.07, 6.45) is 4.71. The van der Waals surface area contributed by atoms with Gasteiger partial charge in [-0.15, -0.1) is 11.3 Å². The van der Waals surface area contributed by atoms with Crippen LogP contribution in [0.4, 0.5) is 0 Å². The minimum Gasteiger partial charge on any atom is -0.338 e. The highest BCUT2D eigenvalue weighted by Crippen LogP contribution is 2.34. The monoisotopic (exact) mass is 497 g/mol. The van der Waals surface area contributed by atoms with Crippen LogP contribution in [-0.4, -0.2) is 58.6 Å². The zero-order valence-corrected chi connectivity index (χ0v) is 21.4. The summed E-state index contributed by atoms with van der Waals surface area (Å²) in [6, 6.07) is -0.261. The lowest BCUT2D eigenvalue weighted by molar-refractivity contribution is -0.130. The van der Waals surface area contributed by atoms with E-state index in [0.717, 1.165) is 35.9 Å². The molecule has 176 valence electrons. The van der Waals surface area contributed by atoms with Crippen LogP contribution in [0.15, 0.2) is 9.95 Å². The van der Waals surface area contributed by atoms with Crippen molar-refractivity contribution in [2.45, 2.75) is 70.6 Å². The van der Waals surface area contributed by atoms with E-state index in [2.05, 4.69) is 0 Å². The Bertz CT molecular complexity index is 1180. The summed E-state index contributed by atoms with van der Waals surface area (Å²) < 4.78 is 25.6. The zero-order valence-electron chi connectivity index (χ0n) is 18.9. The van der Waals surface area contributed by atoms with Gasteiger partial charge in [0.15, 0.2) is 15.0 Å². The van der Waals surface area contributed by atoms with E-state index in [9.17, 15) is 18.0 Å². The van der Waals surface area contributed by atoms with Crippen molar-refractivity contribution in [1.82, 2.24) is 14.5 Å². The molecule has 1 aliphatic heterocycles. The molecule has 0 radical (unpaired) electrons. The van der Waals surface area contributed by atoms with E-state index in [0.29, 0.717) is 24.7 Å². The van der Waals surface area contributed by atoms with Gasteiger partial charge in [-0.25, -0.2) is 13.4 Å². The van der Waals surface area contributed by atoms with Gasteiger partial charge in [0.1, 0.15) is 4.83 Å². The topological polar surface area (TPSA) is 89.3 Å². The second kappa shape index (κ2) is 9.46. The van der Waals surface area contributed by atoms with Gasteiger partial charge in [0.2, 0.25) is 5.91 Å². The van der Waals surface area contributed by atoms with E-state index in [1.165, 1.54) is 22.2 Å². The van der Waals surface area contributed by atoms with Crippen molar-refractivity contribution in [3.8, 4) is 0 Å². The van der Waals surface area contributed by atoms with Crippen molar-refractivity contribution < 1.29 is 13.2 Å². The molecule has 1 saturated heterocycles. The smallest absolute Gasteiger partial charge is 0.263 e. The summed E-state index contributed by atoms with van der Waals surface area (Å²) >= 11 is 2.90. The van der Waals surface area contributed by atoms with Crippen molar-refractivity contribution >= 4 is 49.1 Å². The third-order valence-electron chi connectivity index (χ3n) is 6.21. The maximum atomic E-state index is 13.3. The van der Waals surface area contributed by atoms with E-state index in [1.54, 1.807) is 20.8 Å². The summed E-state index contributed by atoms with van der Waals surface area (Å²) in [5.41, 5.74) is 1.17. The van der Waals surface area contributed by atoms with Crippen LogP contribution >= 0.6 is 23.1 Å². The first kappa shape index (κ1) is 23.8. The van der Waals surface area contributed by atoms with Crippen LogP contribution in [0.3, 0.4) is 0 Å². The molecule has 0 aromatic carbocycles. The normalized spacial score (nSPS) is 20.1. The lowest BCUT2D eigenvalue weighted by Crippen LogP contribution is -2.44. The lowest BCUT2D eigenvalue weighted by atomic mass is 9.97. The molecule has 1 atom stereocenters. The Labute approximate surface area is 197 Å². The number of aromatic nitrogens is 2. The molecule has 0 bridgehead atoms. The quantitative estimate of drug-likeness (QED) is 0.431. The number of carbonyl (C=O) groups excluding carboxylic acids is 1. The minimum atomic E-state index is -3.08. The van der Waals surface area contributed by atoms with Gasteiger partial charge in [-0.05, 0) is 50.5 Å². The SMILES string of the molecule is CCn1c(SCC(=O)N(CC(C)C)[C@H]2CCS(=O)(=O)C2)nc2sc3c(c2c1=O)CCCC3. The Morgan fingerprint density at radius 2 is 2.06 bits per heavy atom. The fraction of sp³-hybridized carbons (Fsp3) is 0.682. The zero-order chi connectivity index (χ0) is 23.0. The fourth-order valence-electron chi connectivity index (χ4n) is 4.69. The molecular weight excluding hydrogens is 466 g/mol. The number of carbonyl (C=O) groups is 1. The van der Waals surface area contributed by atoms with Crippen LogP contribution in [0.1, 0.15) is 50.5 Å². The Balaban J connectivity index is 1.58. The second-order valence-corrected chi connectivity index (χ2v) is 13.4. The van der Waals surface area contributed by atoms with Crippen molar-refractivity contribution in [3.63, 3.8) is 0 Å². The number of sulfone groups is 1. The first-order valence-corrected chi connectivity index (χ1v) is 15.0. The van der Waals surface area contributed by atoms with Gasteiger partial charge in [0, 0.05) is 24.0 Å². The molecule has 0 saturated carbocycles. The van der Waals surface area contributed by atoms with Crippen molar-refractivity contribution in [2.24, 2.45) is 5.92 Å². The third-order valence-corrected chi connectivity index (χ3v) is 10.1. The number of rotatable bonds is 7. The van der Waals surface area contributed by atoms with Gasteiger partial charge in [0.05, 0.1) is 22.6 Å². The third kappa shape index (κ3) is 4.77. The molecule has 2 aliphatic rings. The molecule has 2 aromatic rings. The molecule has 10 heteroatoms. The molecule has 0 N–H and O–H groups in total. The van der Waals surface area contributed by atoms with Crippen LogP contribution < -0.4 is 5.56 Å². The van der Waals surface area contributed by atoms with Gasteiger partial charge in [-0.2, -0.15) is 0 Å². The molecule has 1 aliphatic carbocycles. The second-order valence-electron chi connectivity index (χ2n) is 9.12. The van der Waals surface area contributed by atoms with Crippen LogP contribution in [-0.2, 0) is 34.0 Å². The standard InChI is InChI=1S/C22H31N3O4S3/c1-4-24-21(27)19-16-7-5-6-8-17(16)31-20(19)23-22(24)30-12-18(26)25(11-14(2)3)15-9-10-32(28,29)13-15/h14-15H,4-13H2,1-3H3/t15-/m0/s1. The van der Waals surface area contributed by atoms with E-state index in [4.69, 9.17) is 4.98 Å². The Morgan fingerprint density at radius 1 is 1.31 bits per heavy atom. The van der Waals surface area contributed by atoms with Crippen molar-refractivity contribution in [3.05, 3.63) is 20.8 Å². The molecule has 0 spiro atoms. The molecule has 4 rings (SSSR count). The molecule has 1 amide bonds. The first-order chi connectivity index (χ1) is 15.2. The molecule has 2 aromatic heterocycles. The predicted octanol–water partition coefficient (Wildman–Crippen LogP) is 3.12. The highest BCUT2D eigenvalue weighted by Gasteiger charge is 2.35. The number of aryl methyl sites for hydroxylation is 2. The van der Waals surface area contributed by atoms with E-state index in [-0.39, 0.29) is 40.7 Å². The number of thioether (sulfide) groups is 1. The van der Waals surface area contributed by atoms with E-state index >= 15 is 0 Å². The summed E-state index contributed by atoms with van der Waals surface area (Å²) in [5, 5.41) is 1.33. The average Bonchev–Trinajstić information content (AvgIpc) is 3.29. The summed E-state index contributed by atoms with van der Waals surface area (Å²) in [7, 11) is -3.08. The predicted molar refractivity (Wildman–Crippen MR) is 131 cm³/mol. The van der Waals surface area contributed by atoms with Crippen LogP contribution in [0, 0.1) is 5.92 Å². The van der Waals surface area contributed by atoms with Gasteiger partial charge in [-0.3, -0.25) is 14.2 Å². The lowest BCUT2D eigenvalue weighted by Gasteiger charge is -2.30. The van der Waals surface area contributed by atoms with Crippen molar-refractivity contribution in [2.75, 3.05) is 23.8 Å². The van der Waals surface area contributed by atoms with E-state index in [1.807, 2.05) is 20.8 Å². The fourth-order valence-corrected chi connectivity index (χ4v) is 8.67. The molecule has 1 fully saturated rings. The number of hydrogen-bond donors (Lipinski definition) is 0. The first-order valence-electron chi connectivity index (χ1n) is 11.4. The average molecular weight is 498 g/mol. The number of nitrogens with zero attached hydrogens (tertiary/aromatic N) is 3. The largest absolute Gasteiger partial charge is 0.338 e. The van der Waals surface area contributed by atoms with Crippen molar-refractivity contribution in [1.29, 1.82) is 0 Å². The van der Waals surface area contributed by atoms with Gasteiger partial charge in [-0.1, -0.05) is 25.6 Å². The Kier molecular flexibility index (Phi) is 7.03. The molecule has 0 unspecified atom stereocenters. The van der Waals surface area contributed by atoms with Gasteiger partial charge in [0.25, 0.3) is 5.56 Å². The number of amides is 1. The highest BCUT2D eigenvalue weighted by molar-refractivity contribution is 7.99. The molecule has 32 heavy (non-hydrogen) atoms. The summed E-state index contributed by atoms with van der Waals surface area (Å²) in [5.74, 6) is 0.484. The Morgan fingerprint density at radius 3 is 2.72 bits per heavy atom. The number of thiophene rings is 1. The maximum Gasteiger partial charge on any atom is 0.263 e. The number of fused-ring (bicyclic) bond motifs is 3. The minimum absolute atomic E-state index is 0.00669. The van der Waals surface area contributed by atoms with Gasteiger partial charge >= 0.3 is 0 Å². The van der Waals surface area contributed by atoms with Crippen LogP contribution in [0.2, 0.25) is 0 Å². The van der Waals surface area contributed by atoms with Gasteiger partial charge < -0.3 is 4.90 Å². The Hall–Kier alpha value is -1.39. The van der Waals surface area contributed by atoms with E-state index < -0.39 is 9.84 Å².